The fraction of sp³-hybridized carbons (Fsp3) is 0.429. The molecule has 0 bridgehead atoms. The molecule has 8 heteroatoms. The number of thiophene rings is 1. The lowest BCUT2D eigenvalue weighted by atomic mass is 10.2. The van der Waals surface area contributed by atoms with Crippen LogP contribution in [0.2, 0.25) is 0 Å². The highest BCUT2D eigenvalue weighted by Gasteiger charge is 2.23. The molecule has 0 aromatic carbocycles. The van der Waals surface area contributed by atoms with E-state index in [0.29, 0.717) is 38.3 Å². The lowest BCUT2D eigenvalue weighted by Gasteiger charge is -2.33. The number of rotatable bonds is 4. The Hall–Kier alpha value is -2.22. The zero-order valence-corrected chi connectivity index (χ0v) is 13.0. The molecule has 2 aromatic rings. The number of aromatic nitrogens is 2. The zero-order chi connectivity index (χ0) is 15.5. The van der Waals surface area contributed by atoms with E-state index in [9.17, 15) is 9.59 Å². The molecule has 22 heavy (non-hydrogen) atoms. The van der Waals surface area contributed by atoms with Gasteiger partial charge in [0.15, 0.2) is 0 Å². The van der Waals surface area contributed by atoms with Crippen molar-refractivity contribution in [1.82, 2.24) is 14.9 Å². The second-order valence-electron chi connectivity index (χ2n) is 4.88. The van der Waals surface area contributed by atoms with Gasteiger partial charge >= 0.3 is 5.97 Å². The van der Waals surface area contributed by atoms with Crippen molar-refractivity contribution < 1.29 is 14.3 Å². The first-order valence-electron chi connectivity index (χ1n) is 7.08. The lowest BCUT2D eigenvalue weighted by molar-refractivity contribution is -0.118. The van der Waals surface area contributed by atoms with Crippen LogP contribution in [0.4, 0.5) is 5.82 Å². The van der Waals surface area contributed by atoms with Gasteiger partial charge in [-0.3, -0.25) is 4.79 Å². The summed E-state index contributed by atoms with van der Waals surface area (Å²) in [6.45, 7) is 4.77. The van der Waals surface area contributed by atoms with Gasteiger partial charge in [-0.05, 0) is 6.92 Å². The van der Waals surface area contributed by atoms with Crippen LogP contribution < -0.4 is 4.90 Å². The van der Waals surface area contributed by atoms with E-state index < -0.39 is 0 Å². The number of esters is 1. The third-order valence-corrected chi connectivity index (χ3v) is 4.49. The van der Waals surface area contributed by atoms with E-state index in [-0.39, 0.29) is 5.97 Å². The molecule has 1 aliphatic rings. The van der Waals surface area contributed by atoms with Crippen LogP contribution in [0, 0.1) is 0 Å². The molecule has 1 aliphatic heterocycles. The van der Waals surface area contributed by atoms with Crippen molar-refractivity contribution in [2.45, 2.75) is 6.92 Å². The highest BCUT2D eigenvalue weighted by molar-refractivity contribution is 7.17. The van der Waals surface area contributed by atoms with Gasteiger partial charge in [-0.2, -0.15) is 0 Å². The van der Waals surface area contributed by atoms with Gasteiger partial charge in [0.05, 0.1) is 17.6 Å². The van der Waals surface area contributed by atoms with Gasteiger partial charge in [0.2, 0.25) is 6.41 Å². The number of fused-ring (bicyclic) bond motifs is 1. The predicted octanol–water partition coefficient (Wildman–Crippen LogP) is 1.15. The van der Waals surface area contributed by atoms with E-state index in [1.807, 2.05) is 0 Å². The fourth-order valence-corrected chi connectivity index (χ4v) is 3.37. The van der Waals surface area contributed by atoms with Crippen molar-refractivity contribution in [2.75, 3.05) is 37.7 Å². The third kappa shape index (κ3) is 2.61. The molecule has 0 saturated carbocycles. The maximum atomic E-state index is 12.1. The molecule has 0 spiro atoms. The van der Waals surface area contributed by atoms with Crippen LogP contribution >= 0.6 is 11.3 Å². The second kappa shape index (κ2) is 6.27. The molecule has 1 saturated heterocycles. The molecule has 0 aliphatic carbocycles. The highest BCUT2D eigenvalue weighted by Crippen LogP contribution is 2.32. The normalized spacial score (nSPS) is 15.1. The maximum Gasteiger partial charge on any atom is 0.339 e. The molecule has 0 unspecified atom stereocenters. The number of nitrogens with zero attached hydrogens (tertiary/aromatic N) is 4. The van der Waals surface area contributed by atoms with E-state index in [1.54, 1.807) is 17.2 Å². The first kappa shape index (κ1) is 14.7. The second-order valence-corrected chi connectivity index (χ2v) is 5.73. The first-order chi connectivity index (χ1) is 10.7. The molecule has 0 atom stereocenters. The molecule has 0 N–H and O–H groups in total. The smallest absolute Gasteiger partial charge is 0.339 e. The third-order valence-electron chi connectivity index (χ3n) is 3.61. The minimum Gasteiger partial charge on any atom is -0.462 e. The Bertz CT molecular complexity index is 694. The number of amides is 1. The Labute approximate surface area is 131 Å². The number of ether oxygens (including phenoxy) is 1. The number of hydrogen-bond donors (Lipinski definition) is 0. The molecule has 7 nitrogen and oxygen atoms in total. The lowest BCUT2D eigenvalue weighted by Crippen LogP contribution is -2.46. The molecule has 1 amide bonds. The van der Waals surface area contributed by atoms with Gasteiger partial charge in [-0.15, -0.1) is 11.3 Å². The Morgan fingerprint density at radius 2 is 2.14 bits per heavy atom. The molecule has 3 rings (SSSR count). The maximum absolute atomic E-state index is 12.1. The van der Waals surface area contributed by atoms with Crippen LogP contribution in [0.5, 0.6) is 0 Å². The van der Waals surface area contributed by atoms with Crippen LogP contribution in [0.25, 0.3) is 10.2 Å². The zero-order valence-electron chi connectivity index (χ0n) is 12.2. The molecule has 2 aromatic heterocycles. The number of carbonyl (C=O) groups is 2. The predicted molar refractivity (Wildman–Crippen MR) is 83.2 cm³/mol. The molecule has 3 heterocycles. The topological polar surface area (TPSA) is 75.6 Å². The number of carbonyl (C=O) groups excluding carboxylic acids is 2. The molecule has 0 radical (unpaired) electrons. The van der Waals surface area contributed by atoms with Crippen LogP contribution in [-0.4, -0.2) is 60.0 Å². The quantitative estimate of drug-likeness (QED) is 0.621. The van der Waals surface area contributed by atoms with E-state index in [4.69, 9.17) is 4.74 Å². The summed E-state index contributed by atoms with van der Waals surface area (Å²) in [6.07, 6.45) is 2.37. The molecular formula is C14H16N4O3S. The monoisotopic (exact) mass is 320 g/mol. The first-order valence-corrected chi connectivity index (χ1v) is 7.96. The van der Waals surface area contributed by atoms with Crippen LogP contribution in [0.1, 0.15) is 17.3 Å². The number of piperazine rings is 1. The van der Waals surface area contributed by atoms with Gasteiger partial charge in [-0.1, -0.05) is 0 Å². The fourth-order valence-electron chi connectivity index (χ4n) is 2.50. The molecular weight excluding hydrogens is 304 g/mol. The summed E-state index contributed by atoms with van der Waals surface area (Å²) in [5.41, 5.74) is 0.510. The highest BCUT2D eigenvalue weighted by atomic mass is 32.1. The van der Waals surface area contributed by atoms with Crippen LogP contribution in [0.15, 0.2) is 11.7 Å². The average molecular weight is 320 g/mol. The minimum absolute atomic E-state index is 0.331. The summed E-state index contributed by atoms with van der Waals surface area (Å²) in [4.78, 5) is 36.1. The Balaban J connectivity index is 1.97. The van der Waals surface area contributed by atoms with Crippen molar-refractivity contribution in [3.63, 3.8) is 0 Å². The van der Waals surface area contributed by atoms with Gasteiger partial charge in [-0.25, -0.2) is 14.8 Å². The van der Waals surface area contributed by atoms with E-state index in [2.05, 4.69) is 14.9 Å². The van der Waals surface area contributed by atoms with Crippen LogP contribution in [-0.2, 0) is 9.53 Å². The largest absolute Gasteiger partial charge is 0.462 e. The summed E-state index contributed by atoms with van der Waals surface area (Å²) >= 11 is 1.41. The average Bonchev–Trinajstić information content (AvgIpc) is 2.99. The van der Waals surface area contributed by atoms with Crippen molar-refractivity contribution in [2.24, 2.45) is 0 Å². The molecule has 1 fully saturated rings. The van der Waals surface area contributed by atoms with Crippen molar-refractivity contribution in [3.05, 3.63) is 17.3 Å². The van der Waals surface area contributed by atoms with E-state index in [1.165, 1.54) is 17.7 Å². The Morgan fingerprint density at radius 3 is 2.82 bits per heavy atom. The summed E-state index contributed by atoms with van der Waals surface area (Å²) in [6, 6.07) is 0. The minimum atomic E-state index is -0.351. The summed E-state index contributed by atoms with van der Waals surface area (Å²) in [5.74, 6) is 0.385. The van der Waals surface area contributed by atoms with Crippen molar-refractivity contribution >= 4 is 39.8 Å². The summed E-state index contributed by atoms with van der Waals surface area (Å²) in [7, 11) is 0. The summed E-state index contributed by atoms with van der Waals surface area (Å²) in [5, 5.41) is 2.51. The van der Waals surface area contributed by atoms with Crippen molar-refractivity contribution in [1.29, 1.82) is 0 Å². The van der Waals surface area contributed by atoms with Crippen molar-refractivity contribution in [3.8, 4) is 0 Å². The summed E-state index contributed by atoms with van der Waals surface area (Å²) < 4.78 is 5.11. The van der Waals surface area contributed by atoms with Gasteiger partial charge in [0, 0.05) is 31.6 Å². The van der Waals surface area contributed by atoms with E-state index in [0.717, 1.165) is 22.4 Å². The standard InChI is InChI=1S/C14H16N4O3S/c1-2-21-14(20)10-7-22-13-11(10)12(15-8-16-13)18-5-3-17(9-19)4-6-18/h7-9H,2-6H2,1H3. The van der Waals surface area contributed by atoms with Gasteiger partial charge < -0.3 is 14.5 Å². The SMILES string of the molecule is CCOC(=O)c1csc2ncnc(N3CCN(C=O)CC3)c12. The number of anilines is 1. The Kier molecular flexibility index (Phi) is 4.19. The number of hydrogen-bond acceptors (Lipinski definition) is 7. The van der Waals surface area contributed by atoms with Gasteiger partial charge in [0.25, 0.3) is 0 Å². The Morgan fingerprint density at radius 1 is 1.36 bits per heavy atom. The van der Waals surface area contributed by atoms with Gasteiger partial charge in [0.1, 0.15) is 17.0 Å². The molecule has 116 valence electrons. The van der Waals surface area contributed by atoms with E-state index >= 15 is 0 Å². The van der Waals surface area contributed by atoms with Crippen LogP contribution in [0.3, 0.4) is 0 Å².